The third-order valence-electron chi connectivity index (χ3n) is 2.72. The van der Waals surface area contributed by atoms with E-state index in [1.807, 2.05) is 0 Å². The molecular formula is C13H17NOS. The third kappa shape index (κ3) is 2.61. The van der Waals surface area contributed by atoms with Crippen molar-refractivity contribution in [1.82, 2.24) is 5.32 Å². The lowest BCUT2D eigenvalue weighted by Crippen LogP contribution is -2.34. The van der Waals surface area contributed by atoms with Gasteiger partial charge in [-0.2, -0.15) is 0 Å². The molecule has 0 amide bonds. The number of fused-ring (bicyclic) bond motifs is 1. The van der Waals surface area contributed by atoms with E-state index in [0.29, 0.717) is 0 Å². The Morgan fingerprint density at radius 1 is 1.38 bits per heavy atom. The molecule has 0 bridgehead atoms. The van der Waals surface area contributed by atoms with Crippen molar-refractivity contribution in [3.63, 3.8) is 0 Å². The second-order valence-electron chi connectivity index (χ2n) is 3.93. The van der Waals surface area contributed by atoms with Gasteiger partial charge in [-0.15, -0.1) is 11.3 Å². The van der Waals surface area contributed by atoms with E-state index in [9.17, 15) is 5.11 Å². The van der Waals surface area contributed by atoms with Crippen molar-refractivity contribution in [3.8, 4) is 0 Å². The predicted molar refractivity (Wildman–Crippen MR) is 70.1 cm³/mol. The first-order chi connectivity index (χ1) is 7.83. The number of benzene rings is 1. The lowest BCUT2D eigenvalue weighted by Gasteiger charge is -2.14. The average Bonchev–Trinajstić information content (AvgIpc) is 2.75. The number of nitrogens with one attached hydrogen (secondary N) is 1. The van der Waals surface area contributed by atoms with Crippen LogP contribution in [0.1, 0.15) is 12.5 Å². The zero-order chi connectivity index (χ0) is 11.4. The lowest BCUT2D eigenvalue weighted by atomic mass is 10.1. The fourth-order valence-electron chi connectivity index (χ4n) is 1.90. The molecule has 16 heavy (non-hydrogen) atoms. The first-order valence-electron chi connectivity index (χ1n) is 5.64. The van der Waals surface area contributed by atoms with Crippen molar-refractivity contribution in [2.24, 2.45) is 0 Å². The van der Waals surface area contributed by atoms with E-state index >= 15 is 0 Å². The van der Waals surface area contributed by atoms with E-state index in [-0.39, 0.29) is 12.6 Å². The molecule has 2 aromatic rings. The van der Waals surface area contributed by atoms with Gasteiger partial charge in [0.15, 0.2) is 0 Å². The molecule has 2 rings (SSSR count). The quantitative estimate of drug-likeness (QED) is 0.834. The molecule has 2 N–H and O–H groups in total. The zero-order valence-corrected chi connectivity index (χ0v) is 10.3. The third-order valence-corrected chi connectivity index (χ3v) is 3.60. The molecule has 0 saturated carbocycles. The number of thiophene rings is 1. The second-order valence-corrected chi connectivity index (χ2v) is 4.88. The molecule has 1 atom stereocenters. The minimum atomic E-state index is 0.169. The summed E-state index contributed by atoms with van der Waals surface area (Å²) in [5.74, 6) is 0. The summed E-state index contributed by atoms with van der Waals surface area (Å²) >= 11 is 1.77. The number of aliphatic hydroxyl groups is 1. The molecule has 1 aromatic carbocycles. The monoisotopic (exact) mass is 235 g/mol. The molecule has 0 radical (unpaired) electrons. The highest BCUT2D eigenvalue weighted by Gasteiger charge is 2.07. The van der Waals surface area contributed by atoms with Gasteiger partial charge in [0, 0.05) is 10.7 Å². The second kappa shape index (κ2) is 5.43. The summed E-state index contributed by atoms with van der Waals surface area (Å²) in [5.41, 5.74) is 1.29. The van der Waals surface area contributed by atoms with E-state index in [1.165, 1.54) is 15.6 Å². The normalized spacial score (nSPS) is 13.1. The van der Waals surface area contributed by atoms with E-state index < -0.39 is 0 Å². The molecule has 3 heteroatoms. The predicted octanol–water partition coefficient (Wildman–Crippen LogP) is 2.41. The maximum Gasteiger partial charge on any atom is 0.0587 e. The van der Waals surface area contributed by atoms with Crippen LogP contribution in [0.3, 0.4) is 0 Å². The Bertz CT molecular complexity index is 452. The van der Waals surface area contributed by atoms with Crippen LogP contribution >= 0.6 is 11.3 Å². The van der Waals surface area contributed by atoms with Gasteiger partial charge in [-0.05, 0) is 41.4 Å². The summed E-state index contributed by atoms with van der Waals surface area (Å²) in [7, 11) is 0. The molecule has 1 heterocycles. The summed E-state index contributed by atoms with van der Waals surface area (Å²) in [6, 6.07) is 8.83. The van der Waals surface area contributed by atoms with E-state index in [0.717, 1.165) is 13.0 Å². The standard InChI is InChI=1S/C13H17NOS/c1-2-14-12(9-15)7-10-3-4-11-5-6-16-13(11)8-10/h3-6,8,12,14-15H,2,7,9H2,1H3. The highest BCUT2D eigenvalue weighted by molar-refractivity contribution is 7.17. The van der Waals surface area contributed by atoms with E-state index in [4.69, 9.17) is 0 Å². The molecule has 0 aliphatic carbocycles. The van der Waals surface area contributed by atoms with Gasteiger partial charge in [-0.1, -0.05) is 19.1 Å². The number of hydrogen-bond donors (Lipinski definition) is 2. The minimum Gasteiger partial charge on any atom is -0.395 e. The van der Waals surface area contributed by atoms with Crippen LogP contribution in [-0.2, 0) is 6.42 Å². The highest BCUT2D eigenvalue weighted by Crippen LogP contribution is 2.22. The highest BCUT2D eigenvalue weighted by atomic mass is 32.1. The summed E-state index contributed by atoms with van der Waals surface area (Å²) in [6.45, 7) is 3.15. The van der Waals surface area contributed by atoms with Crippen LogP contribution < -0.4 is 5.32 Å². The maximum atomic E-state index is 9.23. The first kappa shape index (κ1) is 11.6. The SMILES string of the molecule is CCNC(CO)Cc1ccc2ccsc2c1. The average molecular weight is 235 g/mol. The van der Waals surface area contributed by atoms with Gasteiger partial charge in [0.1, 0.15) is 0 Å². The first-order valence-corrected chi connectivity index (χ1v) is 6.52. The van der Waals surface area contributed by atoms with Crippen LogP contribution in [0, 0.1) is 0 Å². The minimum absolute atomic E-state index is 0.169. The van der Waals surface area contributed by atoms with E-state index in [2.05, 4.69) is 41.9 Å². The Hall–Kier alpha value is -0.900. The molecule has 1 aromatic heterocycles. The van der Waals surface area contributed by atoms with Crippen LogP contribution in [-0.4, -0.2) is 24.3 Å². The molecule has 86 valence electrons. The molecule has 0 saturated heterocycles. The van der Waals surface area contributed by atoms with Crippen LogP contribution in [0.2, 0.25) is 0 Å². The molecule has 0 spiro atoms. The van der Waals surface area contributed by atoms with Crippen molar-refractivity contribution >= 4 is 21.4 Å². The Kier molecular flexibility index (Phi) is 3.93. The smallest absolute Gasteiger partial charge is 0.0587 e. The molecule has 2 nitrogen and oxygen atoms in total. The number of rotatable bonds is 5. The number of hydrogen-bond acceptors (Lipinski definition) is 3. The fourth-order valence-corrected chi connectivity index (χ4v) is 2.75. The van der Waals surface area contributed by atoms with Crippen molar-refractivity contribution in [2.75, 3.05) is 13.2 Å². The van der Waals surface area contributed by atoms with Gasteiger partial charge in [0.2, 0.25) is 0 Å². The fraction of sp³-hybridized carbons (Fsp3) is 0.385. The van der Waals surface area contributed by atoms with Crippen molar-refractivity contribution in [3.05, 3.63) is 35.2 Å². The van der Waals surface area contributed by atoms with Crippen molar-refractivity contribution in [2.45, 2.75) is 19.4 Å². The van der Waals surface area contributed by atoms with Gasteiger partial charge >= 0.3 is 0 Å². The molecule has 1 unspecified atom stereocenters. The van der Waals surface area contributed by atoms with Crippen molar-refractivity contribution in [1.29, 1.82) is 0 Å². The van der Waals surface area contributed by atoms with Gasteiger partial charge in [-0.25, -0.2) is 0 Å². The summed E-state index contributed by atoms with van der Waals surface area (Å²) < 4.78 is 1.32. The topological polar surface area (TPSA) is 32.3 Å². The zero-order valence-electron chi connectivity index (χ0n) is 9.44. The summed E-state index contributed by atoms with van der Waals surface area (Å²) in [4.78, 5) is 0. The van der Waals surface area contributed by atoms with Crippen LogP contribution in [0.5, 0.6) is 0 Å². The molecule has 0 aliphatic rings. The Morgan fingerprint density at radius 3 is 3.00 bits per heavy atom. The van der Waals surface area contributed by atoms with Gasteiger partial charge in [0.25, 0.3) is 0 Å². The van der Waals surface area contributed by atoms with E-state index in [1.54, 1.807) is 11.3 Å². The Morgan fingerprint density at radius 2 is 2.25 bits per heavy atom. The van der Waals surface area contributed by atoms with Gasteiger partial charge in [0.05, 0.1) is 6.61 Å². The van der Waals surface area contributed by atoms with Gasteiger partial charge < -0.3 is 10.4 Å². The molecule has 0 fully saturated rings. The lowest BCUT2D eigenvalue weighted by molar-refractivity contribution is 0.243. The summed E-state index contributed by atoms with van der Waals surface area (Å²) in [5, 5.41) is 15.9. The maximum absolute atomic E-state index is 9.23. The Labute approximate surface area is 99.9 Å². The Balaban J connectivity index is 2.13. The summed E-state index contributed by atoms with van der Waals surface area (Å²) in [6.07, 6.45) is 0.887. The van der Waals surface area contributed by atoms with Crippen LogP contribution in [0.4, 0.5) is 0 Å². The number of aliphatic hydroxyl groups excluding tert-OH is 1. The van der Waals surface area contributed by atoms with Crippen LogP contribution in [0.15, 0.2) is 29.6 Å². The largest absolute Gasteiger partial charge is 0.395 e. The van der Waals surface area contributed by atoms with Crippen molar-refractivity contribution < 1.29 is 5.11 Å². The number of likely N-dealkylation sites (N-methyl/N-ethyl adjacent to an activating group) is 1. The molecule has 0 aliphatic heterocycles. The van der Waals surface area contributed by atoms with Gasteiger partial charge in [-0.3, -0.25) is 0 Å². The van der Waals surface area contributed by atoms with Crippen LogP contribution in [0.25, 0.3) is 10.1 Å². The molecular weight excluding hydrogens is 218 g/mol.